The SMILES string of the molecule is [2H]c1c([2H])c([2H])c2c(c1[2H])c1c([2H])c(-n3c4c([2H])c([2H])c([2H])c([2H])c4c4c([2H])c(-c5c([2H])c([2H])c([2H])c6c7c([2H])c([2H])c([2H])c([2H])c7n(-c7ccc(-c8ccccc8)cc7)c56)c([2H])c([2H])c43)c([2H])c([2H])c1n2-c1ccccc1. The maximum atomic E-state index is 10.2. The van der Waals surface area contributed by atoms with Crippen LogP contribution in [0.15, 0.2) is 212 Å². The molecular formula is C54H35N3. The van der Waals surface area contributed by atoms with Crippen LogP contribution in [0.2, 0.25) is 0 Å². The summed E-state index contributed by atoms with van der Waals surface area (Å²) in [7, 11) is 0. The number of fused-ring (bicyclic) bond motifs is 9. The second-order valence-electron chi connectivity index (χ2n) is 13.3. The lowest BCUT2D eigenvalue weighted by Gasteiger charge is -2.13. The van der Waals surface area contributed by atoms with E-state index in [1.165, 1.54) is 9.13 Å². The highest BCUT2D eigenvalue weighted by molar-refractivity contribution is 6.16. The minimum absolute atomic E-state index is 0.139. The van der Waals surface area contributed by atoms with Crippen molar-refractivity contribution in [2.24, 2.45) is 0 Å². The Labute approximate surface area is 359 Å². The molecule has 0 N–H and O–H groups in total. The maximum absolute atomic E-state index is 10.2. The highest BCUT2D eigenvalue weighted by atomic mass is 15.0. The van der Waals surface area contributed by atoms with Gasteiger partial charge in [0.1, 0.15) is 0 Å². The lowest BCUT2D eigenvalue weighted by Crippen LogP contribution is -1.96. The first-order valence-electron chi connectivity index (χ1n) is 28.4. The zero-order chi connectivity index (χ0) is 55.7. The van der Waals surface area contributed by atoms with Crippen LogP contribution in [0.1, 0.15) is 28.8 Å². The molecule has 0 saturated heterocycles. The molecule has 12 aromatic rings. The molecule has 0 aliphatic heterocycles. The Kier molecular flexibility index (Phi) is 3.81. The van der Waals surface area contributed by atoms with Crippen LogP contribution in [0.5, 0.6) is 0 Å². The third-order valence-electron chi connectivity index (χ3n) is 10.2. The van der Waals surface area contributed by atoms with Gasteiger partial charge in [-0.25, -0.2) is 0 Å². The van der Waals surface area contributed by atoms with Crippen molar-refractivity contribution in [1.29, 1.82) is 0 Å². The van der Waals surface area contributed by atoms with Crippen LogP contribution in [0.3, 0.4) is 0 Å². The Morgan fingerprint density at radius 2 is 0.789 bits per heavy atom. The van der Waals surface area contributed by atoms with Crippen LogP contribution < -0.4 is 0 Å². The lowest BCUT2D eigenvalue weighted by atomic mass is 9.99. The van der Waals surface area contributed by atoms with Gasteiger partial charge in [0.05, 0.1) is 61.9 Å². The molecular weight excluding hydrogens is 691 g/mol. The van der Waals surface area contributed by atoms with Crippen LogP contribution in [0.25, 0.3) is 105 Å². The van der Waals surface area contributed by atoms with Gasteiger partial charge in [0.25, 0.3) is 0 Å². The largest absolute Gasteiger partial charge is 0.309 e. The summed E-state index contributed by atoms with van der Waals surface area (Å²) >= 11 is 0. The number of benzene rings is 9. The number of para-hydroxylation sites is 5. The molecule has 0 fully saturated rings. The molecule has 3 nitrogen and oxygen atoms in total. The summed E-state index contributed by atoms with van der Waals surface area (Å²) in [6, 6.07) is 9.51. The van der Waals surface area contributed by atoms with Gasteiger partial charge in [-0.15, -0.1) is 0 Å². The third-order valence-corrected chi connectivity index (χ3v) is 10.2. The van der Waals surface area contributed by atoms with E-state index in [1.807, 2.05) is 30.3 Å². The van der Waals surface area contributed by atoms with Crippen molar-refractivity contribution in [3.63, 3.8) is 0 Å². The molecule has 0 unspecified atom stereocenters. The van der Waals surface area contributed by atoms with Crippen molar-refractivity contribution in [2.45, 2.75) is 0 Å². The molecule has 57 heavy (non-hydrogen) atoms. The van der Waals surface area contributed by atoms with Crippen LogP contribution >= 0.6 is 0 Å². The molecule has 9 aromatic carbocycles. The standard InChI is InChI=1S/C54H35N3/c1-3-14-36(15-4-1)37-26-29-40(30-27-37)57-51-25-12-7-18-43(51)46-22-13-21-42(54(46)57)38-28-32-52-47(34-38)44-19-8-11-24-50(44)56(52)41-31-33-53-48(35-41)45-20-9-10-23-49(45)55(53)39-16-5-2-6-17-39/h1-35H/i7D,8D,9D,10D,11D,12D,13D,18D,19D,20D,21D,22D,23D,24D,25D,28D,31D,32D,33D,34D,35D. The summed E-state index contributed by atoms with van der Waals surface area (Å²) in [4.78, 5) is 0. The maximum Gasteiger partial charge on any atom is 0.0652 e. The number of hydrogen-bond acceptors (Lipinski definition) is 0. The first kappa shape index (κ1) is 17.5. The smallest absolute Gasteiger partial charge is 0.0652 e. The molecule has 0 saturated carbocycles. The molecule has 3 aromatic heterocycles. The number of rotatable bonds is 5. The van der Waals surface area contributed by atoms with Gasteiger partial charge in [-0.2, -0.15) is 0 Å². The van der Waals surface area contributed by atoms with Crippen molar-refractivity contribution in [3.05, 3.63) is 212 Å². The van der Waals surface area contributed by atoms with Crippen LogP contribution in [-0.2, 0) is 0 Å². The molecule has 0 atom stereocenters. The molecule has 3 heteroatoms. The van der Waals surface area contributed by atoms with Gasteiger partial charge in [-0.05, 0) is 89.3 Å². The van der Waals surface area contributed by atoms with Gasteiger partial charge in [0.2, 0.25) is 0 Å². The first-order valence-corrected chi connectivity index (χ1v) is 17.9. The van der Waals surface area contributed by atoms with Gasteiger partial charge < -0.3 is 13.7 Å². The fraction of sp³-hybridized carbons (Fsp3) is 0. The van der Waals surface area contributed by atoms with E-state index in [2.05, 4.69) is 0 Å². The summed E-state index contributed by atoms with van der Waals surface area (Å²) in [5.74, 6) is 0. The second kappa shape index (κ2) is 12.5. The Morgan fingerprint density at radius 3 is 1.47 bits per heavy atom. The van der Waals surface area contributed by atoms with Gasteiger partial charge in [0, 0.05) is 54.9 Å². The van der Waals surface area contributed by atoms with Gasteiger partial charge >= 0.3 is 0 Å². The molecule has 0 aliphatic carbocycles. The molecule has 0 radical (unpaired) electrons. The van der Waals surface area contributed by atoms with Crippen molar-refractivity contribution in [2.75, 3.05) is 0 Å². The van der Waals surface area contributed by atoms with Crippen LogP contribution in [-0.4, -0.2) is 13.7 Å². The minimum atomic E-state index is -0.852. The molecule has 12 rings (SSSR count). The summed E-state index contributed by atoms with van der Waals surface area (Å²) in [6.45, 7) is 0. The number of nitrogens with zero attached hydrogens (tertiary/aromatic N) is 3. The predicted molar refractivity (Wildman–Crippen MR) is 240 cm³/mol. The van der Waals surface area contributed by atoms with E-state index in [4.69, 9.17) is 11.0 Å². The average molecular weight is 747 g/mol. The Morgan fingerprint density at radius 1 is 0.298 bits per heavy atom. The van der Waals surface area contributed by atoms with E-state index in [1.54, 1.807) is 54.6 Å². The van der Waals surface area contributed by atoms with Crippen LogP contribution in [0.4, 0.5) is 0 Å². The molecule has 0 aliphatic rings. The van der Waals surface area contributed by atoms with Gasteiger partial charge in [-0.1, -0.05) is 139 Å². The normalized spacial score (nSPS) is 17.0. The fourth-order valence-corrected chi connectivity index (χ4v) is 7.76. The zero-order valence-corrected chi connectivity index (χ0v) is 29.4. The second-order valence-corrected chi connectivity index (χ2v) is 13.3. The Balaban J connectivity index is 1.28. The zero-order valence-electron chi connectivity index (χ0n) is 50.4. The minimum Gasteiger partial charge on any atom is -0.309 e. The highest BCUT2D eigenvalue weighted by Crippen LogP contribution is 2.42. The first-order chi connectivity index (χ1) is 37.1. The van der Waals surface area contributed by atoms with E-state index in [-0.39, 0.29) is 49.3 Å². The van der Waals surface area contributed by atoms with Crippen molar-refractivity contribution >= 4 is 65.4 Å². The van der Waals surface area contributed by atoms with Crippen molar-refractivity contribution in [1.82, 2.24) is 13.7 Å². The average Bonchev–Trinajstić information content (AvgIpc) is 3.26. The lowest BCUT2D eigenvalue weighted by molar-refractivity contribution is 1.16. The molecule has 0 spiro atoms. The molecule has 0 bridgehead atoms. The summed E-state index contributed by atoms with van der Waals surface area (Å²) in [5.41, 5.74) is -1.22. The van der Waals surface area contributed by atoms with E-state index in [9.17, 15) is 17.8 Å². The van der Waals surface area contributed by atoms with E-state index < -0.39 is 166 Å². The Hall–Kier alpha value is -7.62. The number of aromatic nitrogens is 3. The highest BCUT2D eigenvalue weighted by Gasteiger charge is 2.20. The van der Waals surface area contributed by atoms with E-state index in [0.717, 1.165) is 15.7 Å². The quantitative estimate of drug-likeness (QED) is 0.167. The molecule has 266 valence electrons. The van der Waals surface area contributed by atoms with Crippen molar-refractivity contribution < 1.29 is 28.8 Å². The van der Waals surface area contributed by atoms with Gasteiger partial charge in [-0.3, -0.25) is 0 Å². The number of hydrogen-bond donors (Lipinski definition) is 0. The topological polar surface area (TPSA) is 14.8 Å². The third kappa shape index (κ3) is 4.79. The summed E-state index contributed by atoms with van der Waals surface area (Å²) in [5, 5.41) is -1.86. The van der Waals surface area contributed by atoms with Crippen molar-refractivity contribution in [3.8, 4) is 39.3 Å². The predicted octanol–water partition coefficient (Wildman–Crippen LogP) is 14.3. The fourth-order valence-electron chi connectivity index (χ4n) is 7.76. The van der Waals surface area contributed by atoms with Gasteiger partial charge in [0.15, 0.2) is 0 Å². The summed E-state index contributed by atoms with van der Waals surface area (Å²) < 4.78 is 199. The van der Waals surface area contributed by atoms with E-state index in [0.29, 0.717) is 5.69 Å². The summed E-state index contributed by atoms with van der Waals surface area (Å²) in [6.07, 6.45) is 0. The molecule has 0 amide bonds. The monoisotopic (exact) mass is 746 g/mol. The van der Waals surface area contributed by atoms with Crippen LogP contribution in [0, 0.1) is 0 Å². The van der Waals surface area contributed by atoms with E-state index >= 15 is 0 Å². The Bertz CT molecular complexity index is 4720. The molecule has 3 heterocycles.